The molecule has 0 aliphatic carbocycles. The van der Waals surface area contributed by atoms with Crippen LogP contribution in [0.4, 0.5) is 5.69 Å². The van der Waals surface area contributed by atoms with Crippen LogP contribution in [-0.2, 0) is 32.6 Å². The summed E-state index contributed by atoms with van der Waals surface area (Å²) in [6.45, 7) is 5.34. The Morgan fingerprint density at radius 1 is 0.760 bits per heavy atom. The van der Waals surface area contributed by atoms with Gasteiger partial charge in [0.25, 0.3) is 10.0 Å². The molecule has 0 aliphatic heterocycles. The second kappa shape index (κ2) is 17.4. The van der Waals surface area contributed by atoms with Crippen molar-refractivity contribution in [3.63, 3.8) is 0 Å². The van der Waals surface area contributed by atoms with Gasteiger partial charge in [0.05, 0.1) is 38.5 Å². The third-order valence-corrected chi connectivity index (χ3v) is 9.62. The molecule has 0 fully saturated rings. The molecule has 0 saturated carbocycles. The predicted octanol–water partition coefficient (Wildman–Crippen LogP) is 5.47. The van der Waals surface area contributed by atoms with E-state index in [0.29, 0.717) is 29.4 Å². The average molecular weight is 704 g/mol. The second-order valence-electron chi connectivity index (χ2n) is 11.7. The molecule has 12 heteroatoms. The van der Waals surface area contributed by atoms with E-state index in [0.717, 1.165) is 9.87 Å². The topological polar surface area (TPSA) is 124 Å². The van der Waals surface area contributed by atoms with Crippen molar-refractivity contribution in [1.82, 2.24) is 10.2 Å². The Morgan fingerprint density at radius 3 is 2.06 bits per heavy atom. The molecule has 0 aromatic heterocycles. The summed E-state index contributed by atoms with van der Waals surface area (Å²) >= 11 is 0. The molecule has 0 radical (unpaired) electrons. The zero-order chi connectivity index (χ0) is 36.3. The number of rotatable bonds is 17. The van der Waals surface area contributed by atoms with Crippen LogP contribution in [-0.4, -0.2) is 71.7 Å². The summed E-state index contributed by atoms with van der Waals surface area (Å²) in [6.07, 6.45) is 0.195. The smallest absolute Gasteiger partial charge is 0.264 e. The van der Waals surface area contributed by atoms with E-state index in [1.54, 1.807) is 49.6 Å². The van der Waals surface area contributed by atoms with Crippen molar-refractivity contribution < 1.29 is 37.0 Å². The molecule has 11 nitrogen and oxygen atoms in total. The molecule has 50 heavy (non-hydrogen) atoms. The van der Waals surface area contributed by atoms with Crippen molar-refractivity contribution in [2.75, 3.05) is 38.8 Å². The van der Waals surface area contributed by atoms with E-state index in [1.807, 2.05) is 57.2 Å². The fourth-order valence-corrected chi connectivity index (χ4v) is 6.84. The summed E-state index contributed by atoms with van der Waals surface area (Å²) in [6, 6.07) is 26.1. The van der Waals surface area contributed by atoms with E-state index >= 15 is 0 Å². The third-order valence-electron chi connectivity index (χ3n) is 7.85. The molecule has 266 valence electrons. The van der Waals surface area contributed by atoms with Gasteiger partial charge in [0.2, 0.25) is 11.8 Å². The maximum atomic E-state index is 14.7. The normalized spacial score (nSPS) is 11.7. The third kappa shape index (κ3) is 9.47. The first-order valence-electron chi connectivity index (χ1n) is 16.2. The summed E-state index contributed by atoms with van der Waals surface area (Å²) in [4.78, 5) is 30.0. The van der Waals surface area contributed by atoms with Gasteiger partial charge in [-0.15, -0.1) is 0 Å². The van der Waals surface area contributed by atoms with Crippen molar-refractivity contribution in [2.24, 2.45) is 0 Å². The van der Waals surface area contributed by atoms with Gasteiger partial charge in [0.15, 0.2) is 11.5 Å². The lowest BCUT2D eigenvalue weighted by Gasteiger charge is -2.34. The fourth-order valence-electron chi connectivity index (χ4n) is 5.41. The zero-order valence-electron chi connectivity index (χ0n) is 29.3. The summed E-state index contributed by atoms with van der Waals surface area (Å²) in [5, 5.41) is 2.96. The van der Waals surface area contributed by atoms with Gasteiger partial charge in [-0.05, 0) is 80.4 Å². The Kier molecular flexibility index (Phi) is 13.1. The van der Waals surface area contributed by atoms with Gasteiger partial charge in [0.1, 0.15) is 24.1 Å². The first kappa shape index (κ1) is 37.6. The van der Waals surface area contributed by atoms with Crippen LogP contribution in [0.25, 0.3) is 0 Å². The molecule has 2 amide bonds. The summed E-state index contributed by atoms with van der Waals surface area (Å²) in [7, 11) is 0.0256. The van der Waals surface area contributed by atoms with E-state index in [9.17, 15) is 18.0 Å². The van der Waals surface area contributed by atoms with E-state index in [1.165, 1.54) is 37.3 Å². The standard InChI is InChI=1S/C38H45N3O8S/c1-7-49-31-18-16-30(17-19-31)41(50(44,45)33-20-21-35(47-5)36(24-33)48-6)26-37(42)40(25-29-14-11-15-32(22-29)46-4)34(38(43)39-27(2)3)23-28-12-9-8-10-13-28/h8-22,24,27,34H,7,23,25-26H2,1-6H3,(H,39,43). The predicted molar refractivity (Wildman–Crippen MR) is 192 cm³/mol. The van der Waals surface area contributed by atoms with E-state index in [2.05, 4.69) is 5.32 Å². The van der Waals surface area contributed by atoms with Gasteiger partial charge in [-0.3, -0.25) is 13.9 Å². The van der Waals surface area contributed by atoms with Crippen LogP contribution in [0.15, 0.2) is 102 Å². The number of amides is 2. The Hall–Kier alpha value is -5.23. The quantitative estimate of drug-likeness (QED) is 0.154. The van der Waals surface area contributed by atoms with Gasteiger partial charge >= 0.3 is 0 Å². The van der Waals surface area contributed by atoms with Gasteiger partial charge in [-0.2, -0.15) is 0 Å². The minimum absolute atomic E-state index is 0.00652. The number of anilines is 1. The minimum atomic E-state index is -4.38. The minimum Gasteiger partial charge on any atom is -0.497 e. The largest absolute Gasteiger partial charge is 0.497 e. The SMILES string of the molecule is CCOc1ccc(N(CC(=O)N(Cc2cccc(OC)c2)C(Cc2ccccc2)C(=O)NC(C)C)S(=O)(=O)c2ccc(OC)c(OC)c2)cc1. The summed E-state index contributed by atoms with van der Waals surface area (Å²) < 4.78 is 51.7. The van der Waals surface area contributed by atoms with Crippen LogP contribution in [0.2, 0.25) is 0 Å². The van der Waals surface area contributed by atoms with Gasteiger partial charge < -0.3 is 29.2 Å². The van der Waals surface area contributed by atoms with E-state index < -0.39 is 28.5 Å². The summed E-state index contributed by atoms with van der Waals surface area (Å²) in [5.74, 6) is 0.715. The van der Waals surface area contributed by atoms with Crippen LogP contribution in [0.1, 0.15) is 31.9 Å². The van der Waals surface area contributed by atoms with Crippen LogP contribution < -0.4 is 28.6 Å². The molecular weight excluding hydrogens is 658 g/mol. The first-order chi connectivity index (χ1) is 24.0. The maximum absolute atomic E-state index is 14.7. The van der Waals surface area contributed by atoms with Crippen LogP contribution >= 0.6 is 0 Å². The molecule has 4 aromatic rings. The Balaban J connectivity index is 1.84. The number of methoxy groups -OCH3 is 3. The lowest BCUT2D eigenvalue weighted by Crippen LogP contribution is -2.54. The average Bonchev–Trinajstić information content (AvgIpc) is 3.12. The molecular formula is C38H45N3O8S. The first-order valence-corrected chi connectivity index (χ1v) is 17.7. The number of carbonyl (C=O) groups is 2. The highest BCUT2D eigenvalue weighted by Crippen LogP contribution is 2.33. The van der Waals surface area contributed by atoms with Crippen molar-refractivity contribution >= 4 is 27.5 Å². The molecule has 1 atom stereocenters. The Labute approximate surface area is 294 Å². The zero-order valence-corrected chi connectivity index (χ0v) is 30.1. The Morgan fingerprint density at radius 2 is 1.44 bits per heavy atom. The van der Waals surface area contributed by atoms with E-state index in [4.69, 9.17) is 18.9 Å². The highest BCUT2D eigenvalue weighted by Gasteiger charge is 2.35. The van der Waals surface area contributed by atoms with Crippen LogP contribution in [0.3, 0.4) is 0 Å². The van der Waals surface area contributed by atoms with Gasteiger partial charge in [-0.25, -0.2) is 8.42 Å². The van der Waals surface area contributed by atoms with E-state index in [-0.39, 0.29) is 41.2 Å². The number of sulfonamides is 1. The van der Waals surface area contributed by atoms with Crippen molar-refractivity contribution in [3.8, 4) is 23.0 Å². The fraction of sp³-hybridized carbons (Fsp3) is 0.316. The number of nitrogens with zero attached hydrogens (tertiary/aromatic N) is 2. The number of ether oxygens (including phenoxy) is 4. The van der Waals surface area contributed by atoms with Crippen LogP contribution in [0, 0.1) is 0 Å². The molecule has 0 aliphatic rings. The highest BCUT2D eigenvalue weighted by atomic mass is 32.2. The molecule has 0 bridgehead atoms. The van der Waals surface area contributed by atoms with Crippen molar-refractivity contribution in [1.29, 1.82) is 0 Å². The number of carbonyl (C=O) groups excluding carboxylic acids is 2. The maximum Gasteiger partial charge on any atom is 0.264 e. The van der Waals surface area contributed by atoms with Crippen molar-refractivity contribution in [3.05, 3.63) is 108 Å². The number of benzene rings is 4. The monoisotopic (exact) mass is 703 g/mol. The molecule has 0 spiro atoms. The molecule has 0 heterocycles. The molecule has 1 N–H and O–H groups in total. The van der Waals surface area contributed by atoms with Crippen LogP contribution in [0.5, 0.6) is 23.0 Å². The molecule has 4 aromatic carbocycles. The lowest BCUT2D eigenvalue weighted by atomic mass is 10.0. The second-order valence-corrected chi connectivity index (χ2v) is 13.6. The number of hydrogen-bond acceptors (Lipinski definition) is 8. The highest BCUT2D eigenvalue weighted by molar-refractivity contribution is 7.92. The lowest BCUT2D eigenvalue weighted by molar-refractivity contribution is -0.140. The molecule has 4 rings (SSSR count). The molecule has 1 unspecified atom stereocenters. The summed E-state index contributed by atoms with van der Waals surface area (Å²) in [5.41, 5.74) is 1.76. The number of nitrogens with one attached hydrogen (secondary N) is 1. The Bertz CT molecular complexity index is 1830. The van der Waals surface area contributed by atoms with Gasteiger partial charge in [-0.1, -0.05) is 42.5 Å². The molecule has 0 saturated heterocycles. The van der Waals surface area contributed by atoms with Crippen molar-refractivity contribution in [2.45, 2.75) is 50.7 Å². The number of hydrogen-bond donors (Lipinski definition) is 1. The van der Waals surface area contributed by atoms with Gasteiger partial charge in [0, 0.05) is 25.1 Å².